The summed E-state index contributed by atoms with van der Waals surface area (Å²) >= 11 is 0. The van der Waals surface area contributed by atoms with Gasteiger partial charge in [0, 0.05) is 6.54 Å². The van der Waals surface area contributed by atoms with E-state index in [-0.39, 0.29) is 31.0 Å². The van der Waals surface area contributed by atoms with Crippen molar-refractivity contribution in [2.45, 2.75) is 25.9 Å². The highest BCUT2D eigenvalue weighted by atomic mass is 35.5. The molecule has 0 bridgehead atoms. The van der Waals surface area contributed by atoms with E-state index in [2.05, 4.69) is 10.6 Å². The summed E-state index contributed by atoms with van der Waals surface area (Å²) in [4.78, 5) is 11.0. The lowest BCUT2D eigenvalue weighted by Gasteiger charge is -2.22. The molecular formula is C9H19ClN2O2. The number of carbonyl (C=O) groups excluding carboxylic acids is 1. The van der Waals surface area contributed by atoms with Crippen molar-refractivity contribution in [3.63, 3.8) is 0 Å². The lowest BCUT2D eigenvalue weighted by atomic mass is 10.1. The lowest BCUT2D eigenvalue weighted by molar-refractivity contribution is -0.128. The largest absolute Gasteiger partial charge is 0.368 e. The van der Waals surface area contributed by atoms with Crippen LogP contribution in [0.1, 0.15) is 19.8 Å². The topological polar surface area (TPSA) is 50.4 Å². The SMILES string of the molecule is CCNC(=O)COC1CCNCC1.Cl. The Morgan fingerprint density at radius 3 is 2.71 bits per heavy atom. The third-order valence-electron chi connectivity index (χ3n) is 2.11. The van der Waals surface area contributed by atoms with Gasteiger partial charge in [0.2, 0.25) is 5.91 Å². The van der Waals surface area contributed by atoms with Crippen LogP contribution < -0.4 is 10.6 Å². The molecule has 0 aromatic heterocycles. The maximum absolute atomic E-state index is 11.0. The number of hydrogen-bond acceptors (Lipinski definition) is 3. The predicted octanol–water partition coefficient (Wildman–Crippen LogP) is 0.313. The molecule has 0 spiro atoms. The highest BCUT2D eigenvalue weighted by Gasteiger charge is 2.14. The van der Waals surface area contributed by atoms with Crippen molar-refractivity contribution in [3.8, 4) is 0 Å². The first-order chi connectivity index (χ1) is 6.33. The van der Waals surface area contributed by atoms with Crippen LogP contribution in [0.3, 0.4) is 0 Å². The normalized spacial score (nSPS) is 17.2. The molecule has 4 nitrogen and oxygen atoms in total. The minimum absolute atomic E-state index is 0. The van der Waals surface area contributed by atoms with Gasteiger partial charge in [-0.2, -0.15) is 0 Å². The van der Waals surface area contributed by atoms with E-state index in [1.165, 1.54) is 0 Å². The average Bonchev–Trinajstić information content (AvgIpc) is 2.17. The van der Waals surface area contributed by atoms with Crippen molar-refractivity contribution in [1.29, 1.82) is 0 Å². The standard InChI is InChI=1S/C9H18N2O2.ClH/c1-2-11-9(12)7-13-8-3-5-10-6-4-8;/h8,10H,2-7H2,1H3,(H,11,12);1H. The van der Waals surface area contributed by atoms with Crippen molar-refractivity contribution >= 4 is 18.3 Å². The van der Waals surface area contributed by atoms with E-state index in [9.17, 15) is 4.79 Å². The second kappa shape index (κ2) is 8.03. The molecule has 5 heteroatoms. The summed E-state index contributed by atoms with van der Waals surface area (Å²) in [6.07, 6.45) is 2.29. The molecule has 0 unspecified atom stereocenters. The minimum Gasteiger partial charge on any atom is -0.368 e. The molecule has 0 saturated carbocycles. The van der Waals surface area contributed by atoms with Crippen LogP contribution in [0.25, 0.3) is 0 Å². The Morgan fingerprint density at radius 1 is 1.50 bits per heavy atom. The summed E-state index contributed by atoms with van der Waals surface area (Å²) in [5.41, 5.74) is 0. The highest BCUT2D eigenvalue weighted by molar-refractivity contribution is 5.85. The Kier molecular flexibility index (Phi) is 7.84. The highest BCUT2D eigenvalue weighted by Crippen LogP contribution is 2.06. The molecule has 2 N–H and O–H groups in total. The number of rotatable bonds is 4. The number of halogens is 1. The monoisotopic (exact) mass is 222 g/mol. The van der Waals surface area contributed by atoms with Gasteiger partial charge < -0.3 is 15.4 Å². The van der Waals surface area contributed by atoms with Gasteiger partial charge in [-0.3, -0.25) is 4.79 Å². The van der Waals surface area contributed by atoms with E-state index in [0.29, 0.717) is 6.54 Å². The van der Waals surface area contributed by atoms with Crippen LogP contribution in [0, 0.1) is 0 Å². The van der Waals surface area contributed by atoms with Crippen LogP contribution >= 0.6 is 12.4 Å². The number of piperidine rings is 1. The van der Waals surface area contributed by atoms with E-state index in [1.807, 2.05) is 6.92 Å². The Labute approximate surface area is 91.2 Å². The van der Waals surface area contributed by atoms with Crippen LogP contribution in [-0.2, 0) is 9.53 Å². The summed E-state index contributed by atoms with van der Waals surface area (Å²) < 4.78 is 5.45. The van der Waals surface area contributed by atoms with Gasteiger partial charge in [-0.15, -0.1) is 12.4 Å². The van der Waals surface area contributed by atoms with Crippen LogP contribution in [-0.4, -0.2) is 38.3 Å². The zero-order chi connectivity index (χ0) is 9.52. The predicted molar refractivity (Wildman–Crippen MR) is 57.8 cm³/mol. The van der Waals surface area contributed by atoms with E-state index in [1.54, 1.807) is 0 Å². The van der Waals surface area contributed by atoms with E-state index >= 15 is 0 Å². The molecule has 1 aliphatic rings. The average molecular weight is 223 g/mol. The third kappa shape index (κ3) is 5.42. The second-order valence-electron chi connectivity index (χ2n) is 3.21. The third-order valence-corrected chi connectivity index (χ3v) is 2.11. The Balaban J connectivity index is 0.00000169. The number of ether oxygens (including phenoxy) is 1. The van der Waals surface area contributed by atoms with Crippen molar-refractivity contribution < 1.29 is 9.53 Å². The van der Waals surface area contributed by atoms with Crippen molar-refractivity contribution in [3.05, 3.63) is 0 Å². The van der Waals surface area contributed by atoms with E-state index < -0.39 is 0 Å². The molecule has 0 aromatic carbocycles. The summed E-state index contributed by atoms with van der Waals surface area (Å²) in [7, 11) is 0. The number of nitrogens with one attached hydrogen (secondary N) is 2. The molecule has 0 atom stereocenters. The van der Waals surface area contributed by atoms with Crippen LogP contribution in [0.5, 0.6) is 0 Å². The summed E-state index contributed by atoms with van der Waals surface area (Å²) in [5.74, 6) is -0.0129. The molecular weight excluding hydrogens is 204 g/mol. The first-order valence-electron chi connectivity index (χ1n) is 4.92. The molecule has 1 aliphatic heterocycles. The summed E-state index contributed by atoms with van der Waals surface area (Å²) in [6, 6.07) is 0. The quantitative estimate of drug-likeness (QED) is 0.720. The summed E-state index contributed by atoms with van der Waals surface area (Å²) in [5, 5.41) is 5.95. The Bertz CT molecular complexity index is 161. The number of amides is 1. The fourth-order valence-corrected chi connectivity index (χ4v) is 1.40. The maximum atomic E-state index is 11.0. The molecule has 14 heavy (non-hydrogen) atoms. The first-order valence-corrected chi connectivity index (χ1v) is 4.92. The van der Waals surface area contributed by atoms with Gasteiger partial charge in [-0.1, -0.05) is 0 Å². The Morgan fingerprint density at radius 2 is 2.14 bits per heavy atom. The van der Waals surface area contributed by atoms with Crippen LogP contribution in [0.4, 0.5) is 0 Å². The molecule has 1 heterocycles. The fraction of sp³-hybridized carbons (Fsp3) is 0.889. The van der Waals surface area contributed by atoms with Gasteiger partial charge in [-0.25, -0.2) is 0 Å². The number of hydrogen-bond donors (Lipinski definition) is 2. The molecule has 1 saturated heterocycles. The van der Waals surface area contributed by atoms with Gasteiger partial charge in [-0.05, 0) is 32.9 Å². The van der Waals surface area contributed by atoms with Crippen LogP contribution in [0.2, 0.25) is 0 Å². The molecule has 1 amide bonds. The zero-order valence-electron chi connectivity index (χ0n) is 8.54. The zero-order valence-corrected chi connectivity index (χ0v) is 9.36. The van der Waals surface area contributed by atoms with Gasteiger partial charge in [0.25, 0.3) is 0 Å². The molecule has 1 fully saturated rings. The first kappa shape index (κ1) is 13.7. The van der Waals surface area contributed by atoms with Crippen molar-refractivity contribution in [2.24, 2.45) is 0 Å². The fourth-order valence-electron chi connectivity index (χ4n) is 1.40. The van der Waals surface area contributed by atoms with Gasteiger partial charge >= 0.3 is 0 Å². The lowest BCUT2D eigenvalue weighted by Crippen LogP contribution is -2.35. The van der Waals surface area contributed by atoms with E-state index in [0.717, 1.165) is 25.9 Å². The summed E-state index contributed by atoms with van der Waals surface area (Å²) in [6.45, 7) is 4.79. The Hall–Kier alpha value is -0.320. The molecule has 0 aliphatic carbocycles. The number of carbonyl (C=O) groups is 1. The van der Waals surface area contributed by atoms with Gasteiger partial charge in [0.05, 0.1) is 6.10 Å². The molecule has 84 valence electrons. The van der Waals surface area contributed by atoms with Gasteiger partial charge in [0.15, 0.2) is 0 Å². The smallest absolute Gasteiger partial charge is 0.246 e. The molecule has 0 aromatic rings. The maximum Gasteiger partial charge on any atom is 0.246 e. The molecule has 1 rings (SSSR count). The molecule has 0 radical (unpaired) electrons. The van der Waals surface area contributed by atoms with Crippen molar-refractivity contribution in [2.75, 3.05) is 26.2 Å². The van der Waals surface area contributed by atoms with Gasteiger partial charge in [0.1, 0.15) is 6.61 Å². The number of likely N-dealkylation sites (N-methyl/N-ethyl adjacent to an activating group) is 1. The second-order valence-corrected chi connectivity index (χ2v) is 3.21. The van der Waals surface area contributed by atoms with Crippen molar-refractivity contribution in [1.82, 2.24) is 10.6 Å². The van der Waals surface area contributed by atoms with E-state index in [4.69, 9.17) is 4.74 Å². The minimum atomic E-state index is -0.0129. The van der Waals surface area contributed by atoms with Crippen LogP contribution in [0.15, 0.2) is 0 Å².